The Hall–Kier alpha value is -1.13. The monoisotopic (exact) mass is 250 g/mol. The fourth-order valence-corrected chi connectivity index (χ4v) is 3.53. The second kappa shape index (κ2) is 3.93. The molecule has 1 saturated carbocycles. The summed E-state index contributed by atoms with van der Waals surface area (Å²) in [5.41, 5.74) is 1.22. The van der Waals surface area contributed by atoms with Crippen LogP contribution in [0.3, 0.4) is 0 Å². The number of aliphatic hydroxyl groups is 1. The maximum atomic E-state index is 11.8. The highest BCUT2D eigenvalue weighted by atomic mass is 16.7. The largest absolute Gasteiger partial charge is 0.515 e. The highest BCUT2D eigenvalue weighted by Gasteiger charge is 2.58. The number of hydrogen-bond donors (Lipinski definition) is 1. The van der Waals surface area contributed by atoms with Gasteiger partial charge in [0, 0.05) is 17.4 Å². The van der Waals surface area contributed by atoms with Crippen molar-refractivity contribution in [1.82, 2.24) is 0 Å². The molecule has 1 N–H and O–H groups in total. The molecule has 0 aromatic carbocycles. The van der Waals surface area contributed by atoms with Crippen molar-refractivity contribution in [3.8, 4) is 0 Å². The van der Waals surface area contributed by atoms with E-state index in [1.54, 1.807) is 6.08 Å². The van der Waals surface area contributed by atoms with E-state index >= 15 is 0 Å². The maximum Gasteiger partial charge on any atom is 0.184 e. The van der Waals surface area contributed by atoms with Crippen molar-refractivity contribution in [2.75, 3.05) is 13.2 Å². The summed E-state index contributed by atoms with van der Waals surface area (Å²) in [6.07, 6.45) is 5.83. The summed E-state index contributed by atoms with van der Waals surface area (Å²) in [7, 11) is 0. The van der Waals surface area contributed by atoms with Gasteiger partial charge in [-0.05, 0) is 25.3 Å². The Morgan fingerprint density at radius 2 is 2.11 bits per heavy atom. The SMILES string of the molecule is CC12C/C(=C/O)C(=O)C=C1CCCC21OCCO1. The van der Waals surface area contributed by atoms with Gasteiger partial charge in [0.1, 0.15) is 0 Å². The summed E-state index contributed by atoms with van der Waals surface area (Å²) in [6, 6.07) is 0. The Bertz CT molecular complexity index is 443. The third-order valence-corrected chi connectivity index (χ3v) is 4.58. The van der Waals surface area contributed by atoms with Crippen molar-refractivity contribution >= 4 is 5.78 Å². The van der Waals surface area contributed by atoms with E-state index in [1.807, 2.05) is 0 Å². The first kappa shape index (κ1) is 11.9. The van der Waals surface area contributed by atoms with Crippen LogP contribution >= 0.6 is 0 Å². The van der Waals surface area contributed by atoms with E-state index in [9.17, 15) is 9.90 Å². The number of carbonyl (C=O) groups is 1. The molecule has 2 aliphatic carbocycles. The Kier molecular flexibility index (Phi) is 2.61. The Labute approximate surface area is 106 Å². The lowest BCUT2D eigenvalue weighted by Crippen LogP contribution is -2.53. The molecule has 0 aromatic rings. The standard InChI is InChI=1S/C14H18O4/c1-13-8-10(9-15)12(16)7-11(13)3-2-4-14(13)17-5-6-18-14/h7,9,15H,2-6,8H2,1H3/b10-9-. The molecule has 3 aliphatic rings. The van der Waals surface area contributed by atoms with Crippen LogP contribution in [-0.4, -0.2) is 29.9 Å². The number of ketones is 1. The molecule has 0 aromatic heterocycles. The van der Waals surface area contributed by atoms with Crippen LogP contribution in [0.15, 0.2) is 23.5 Å². The van der Waals surface area contributed by atoms with Gasteiger partial charge in [-0.3, -0.25) is 4.79 Å². The van der Waals surface area contributed by atoms with E-state index in [1.165, 1.54) is 0 Å². The molecule has 0 radical (unpaired) electrons. The van der Waals surface area contributed by atoms with E-state index in [-0.39, 0.29) is 11.2 Å². The molecule has 18 heavy (non-hydrogen) atoms. The average Bonchev–Trinajstić information content (AvgIpc) is 2.82. The van der Waals surface area contributed by atoms with Crippen molar-refractivity contribution in [2.24, 2.45) is 5.41 Å². The van der Waals surface area contributed by atoms with Gasteiger partial charge in [0.15, 0.2) is 11.6 Å². The molecular formula is C14H18O4. The summed E-state index contributed by atoms with van der Waals surface area (Å²) >= 11 is 0. The molecule has 98 valence electrons. The predicted octanol–water partition coefficient (Wildman–Crippen LogP) is 2.26. The second-order valence-electron chi connectivity index (χ2n) is 5.50. The minimum absolute atomic E-state index is 0.0833. The smallest absolute Gasteiger partial charge is 0.184 e. The van der Waals surface area contributed by atoms with E-state index < -0.39 is 5.79 Å². The molecule has 2 fully saturated rings. The van der Waals surface area contributed by atoms with Gasteiger partial charge in [-0.1, -0.05) is 12.5 Å². The van der Waals surface area contributed by atoms with Crippen LogP contribution in [-0.2, 0) is 14.3 Å². The van der Waals surface area contributed by atoms with Crippen molar-refractivity contribution in [2.45, 2.75) is 38.4 Å². The molecule has 1 saturated heterocycles. The number of allylic oxidation sites excluding steroid dienone is 2. The first-order valence-electron chi connectivity index (χ1n) is 6.48. The van der Waals surface area contributed by atoms with Gasteiger partial charge in [-0.25, -0.2) is 0 Å². The minimum Gasteiger partial charge on any atom is -0.515 e. The van der Waals surface area contributed by atoms with Crippen LogP contribution in [0.5, 0.6) is 0 Å². The van der Waals surface area contributed by atoms with E-state index in [0.717, 1.165) is 31.1 Å². The molecule has 1 unspecified atom stereocenters. The van der Waals surface area contributed by atoms with Crippen LogP contribution in [0.1, 0.15) is 32.6 Å². The summed E-state index contributed by atoms with van der Waals surface area (Å²) in [5, 5.41) is 9.20. The van der Waals surface area contributed by atoms with E-state index in [0.29, 0.717) is 25.2 Å². The highest BCUT2D eigenvalue weighted by molar-refractivity contribution is 6.05. The number of carbonyl (C=O) groups excluding carboxylic acids is 1. The number of rotatable bonds is 0. The van der Waals surface area contributed by atoms with Crippen molar-refractivity contribution in [3.63, 3.8) is 0 Å². The number of hydrogen-bond acceptors (Lipinski definition) is 4. The molecule has 1 atom stereocenters. The second-order valence-corrected chi connectivity index (χ2v) is 5.50. The van der Waals surface area contributed by atoms with Gasteiger partial charge in [-0.15, -0.1) is 0 Å². The third-order valence-electron chi connectivity index (χ3n) is 4.58. The van der Waals surface area contributed by atoms with Crippen LogP contribution in [0.4, 0.5) is 0 Å². The number of ether oxygens (including phenoxy) is 2. The lowest BCUT2D eigenvalue weighted by atomic mass is 9.61. The summed E-state index contributed by atoms with van der Waals surface area (Å²) < 4.78 is 11.8. The number of aliphatic hydroxyl groups excluding tert-OH is 1. The van der Waals surface area contributed by atoms with Crippen molar-refractivity contribution in [3.05, 3.63) is 23.5 Å². The lowest BCUT2D eigenvalue weighted by molar-refractivity contribution is -0.234. The molecular weight excluding hydrogens is 232 g/mol. The summed E-state index contributed by atoms with van der Waals surface area (Å²) in [4.78, 5) is 11.8. The molecule has 0 bridgehead atoms. The fraction of sp³-hybridized carbons (Fsp3) is 0.643. The lowest BCUT2D eigenvalue weighted by Gasteiger charge is -2.51. The Morgan fingerprint density at radius 1 is 1.39 bits per heavy atom. The maximum absolute atomic E-state index is 11.8. The van der Waals surface area contributed by atoms with Crippen molar-refractivity contribution < 1.29 is 19.4 Å². The first-order valence-corrected chi connectivity index (χ1v) is 6.48. The van der Waals surface area contributed by atoms with Gasteiger partial charge in [0.05, 0.1) is 19.5 Å². The van der Waals surface area contributed by atoms with Crippen LogP contribution in [0, 0.1) is 5.41 Å². The minimum atomic E-state index is -0.605. The van der Waals surface area contributed by atoms with Gasteiger partial charge in [0.25, 0.3) is 0 Å². The zero-order chi connectivity index (χ0) is 12.8. The quantitative estimate of drug-likeness (QED) is 0.529. The zero-order valence-electron chi connectivity index (χ0n) is 10.6. The Morgan fingerprint density at radius 3 is 2.78 bits per heavy atom. The molecule has 4 heteroatoms. The van der Waals surface area contributed by atoms with Crippen LogP contribution in [0.25, 0.3) is 0 Å². The van der Waals surface area contributed by atoms with Gasteiger partial charge in [-0.2, -0.15) is 0 Å². The molecule has 1 aliphatic heterocycles. The van der Waals surface area contributed by atoms with Crippen molar-refractivity contribution in [1.29, 1.82) is 0 Å². The van der Waals surface area contributed by atoms with E-state index in [4.69, 9.17) is 9.47 Å². The predicted molar refractivity (Wildman–Crippen MR) is 65.0 cm³/mol. The fourth-order valence-electron chi connectivity index (χ4n) is 3.53. The van der Waals surface area contributed by atoms with Gasteiger partial charge < -0.3 is 14.6 Å². The molecule has 1 heterocycles. The molecule has 1 spiro atoms. The topological polar surface area (TPSA) is 55.8 Å². The Balaban J connectivity index is 2.08. The van der Waals surface area contributed by atoms with Gasteiger partial charge >= 0.3 is 0 Å². The normalized spacial score (nSPS) is 36.8. The average molecular weight is 250 g/mol. The third kappa shape index (κ3) is 1.42. The van der Waals surface area contributed by atoms with Gasteiger partial charge in [0.2, 0.25) is 0 Å². The van der Waals surface area contributed by atoms with Crippen LogP contribution < -0.4 is 0 Å². The van der Waals surface area contributed by atoms with Crippen LogP contribution in [0.2, 0.25) is 0 Å². The number of fused-ring (bicyclic) bond motifs is 2. The molecule has 4 nitrogen and oxygen atoms in total. The summed E-state index contributed by atoms with van der Waals surface area (Å²) in [6.45, 7) is 3.29. The molecule has 3 rings (SSSR count). The zero-order valence-corrected chi connectivity index (χ0v) is 10.6. The highest BCUT2D eigenvalue weighted by Crippen LogP contribution is 2.56. The first-order chi connectivity index (χ1) is 8.61. The summed E-state index contributed by atoms with van der Waals surface area (Å²) in [5.74, 6) is -0.688. The van der Waals surface area contributed by atoms with E-state index in [2.05, 4.69) is 6.92 Å². The molecule has 0 amide bonds.